The smallest absolute Gasteiger partial charge is 0.407 e. The predicted molar refractivity (Wildman–Crippen MR) is 301 cm³/mol. The summed E-state index contributed by atoms with van der Waals surface area (Å²) >= 11 is 0. The van der Waals surface area contributed by atoms with Crippen molar-refractivity contribution in [1.29, 1.82) is 0 Å². The first kappa shape index (κ1) is 59.3. The lowest BCUT2D eigenvalue weighted by Gasteiger charge is -2.16. The number of aromatic amines is 1. The number of carbonyl (C=O) groups is 3. The van der Waals surface area contributed by atoms with Crippen LogP contribution in [-0.2, 0) is 67.1 Å². The molecule has 422 valence electrons. The Hall–Kier alpha value is -8.36. The van der Waals surface area contributed by atoms with Crippen LogP contribution < -0.4 is 37.4 Å². The number of fused-ring (bicyclic) bond motifs is 1. The van der Waals surface area contributed by atoms with Crippen LogP contribution in [0.15, 0.2) is 143 Å². The van der Waals surface area contributed by atoms with E-state index in [-0.39, 0.29) is 35.7 Å². The topological polar surface area (TPSA) is 311 Å². The van der Waals surface area contributed by atoms with Crippen molar-refractivity contribution in [1.82, 2.24) is 40.8 Å². The first-order valence-electron chi connectivity index (χ1n) is 25.7. The molecule has 7 rings (SSSR count). The van der Waals surface area contributed by atoms with Crippen molar-refractivity contribution in [3.8, 4) is 11.1 Å². The molecule has 0 spiro atoms. The molecular weight excluding hydrogens is 1050 g/mol. The van der Waals surface area contributed by atoms with Crippen molar-refractivity contribution >= 4 is 57.0 Å². The molecule has 7 aromatic rings. The number of amides is 2. The third-order valence-electron chi connectivity index (χ3n) is 12.2. The lowest BCUT2D eigenvalue weighted by molar-refractivity contribution is -0.139. The van der Waals surface area contributed by atoms with E-state index in [9.17, 15) is 37.3 Å². The number of alkyl carbamates (subject to hydrolysis) is 1. The Morgan fingerprint density at radius 1 is 0.775 bits per heavy atom. The van der Waals surface area contributed by atoms with Crippen molar-refractivity contribution in [2.24, 2.45) is 12.1 Å². The average molecular weight is 1120 g/mol. The summed E-state index contributed by atoms with van der Waals surface area (Å²) in [6.07, 6.45) is 8.44. The van der Waals surface area contributed by atoms with Gasteiger partial charge in [0.15, 0.2) is 5.95 Å². The van der Waals surface area contributed by atoms with Gasteiger partial charge in [0.25, 0.3) is 16.0 Å². The molecule has 1 atom stereocenters. The molecule has 0 aliphatic rings. The number of aromatic nitrogens is 4. The number of aliphatic carboxylic acids is 1. The molecule has 0 radical (unpaired) electrons. The molecule has 4 aromatic carbocycles. The second-order valence-corrected chi connectivity index (χ2v) is 19.5. The van der Waals surface area contributed by atoms with Crippen LogP contribution in [0.25, 0.3) is 22.0 Å². The highest BCUT2D eigenvalue weighted by atomic mass is 32.2. The third-order valence-corrected chi connectivity index (χ3v) is 13.2. The molecule has 1 unspecified atom stereocenters. The Morgan fingerprint density at radius 3 is 2.10 bits per heavy atom. The van der Waals surface area contributed by atoms with Gasteiger partial charge < -0.3 is 54.9 Å². The van der Waals surface area contributed by atoms with Crippen LogP contribution in [0.3, 0.4) is 0 Å². The molecule has 0 saturated heterocycles. The number of pyridine rings is 2. The van der Waals surface area contributed by atoms with E-state index in [1.807, 2.05) is 36.4 Å². The fourth-order valence-corrected chi connectivity index (χ4v) is 8.63. The van der Waals surface area contributed by atoms with Gasteiger partial charge in [0.2, 0.25) is 5.43 Å². The highest BCUT2D eigenvalue weighted by Gasteiger charge is 2.21. The largest absolute Gasteiger partial charge is 0.480 e. The maximum absolute atomic E-state index is 13.4. The van der Waals surface area contributed by atoms with Crippen LogP contribution in [0.4, 0.5) is 16.6 Å². The number of benzene rings is 4. The number of imidazole rings is 1. The van der Waals surface area contributed by atoms with Gasteiger partial charge in [-0.15, -0.1) is 0 Å². The summed E-state index contributed by atoms with van der Waals surface area (Å²) in [6, 6.07) is 29.5. The maximum Gasteiger partial charge on any atom is 0.407 e. The summed E-state index contributed by atoms with van der Waals surface area (Å²) in [5.41, 5.74) is 8.63. The zero-order valence-corrected chi connectivity index (χ0v) is 44.9. The number of carbonyl (C=O) groups excluding carboxylic acids is 2. The van der Waals surface area contributed by atoms with E-state index >= 15 is 0 Å². The minimum Gasteiger partial charge on any atom is -0.480 e. The molecule has 9 N–H and O–H groups in total. The van der Waals surface area contributed by atoms with E-state index < -0.39 is 39.6 Å². The molecule has 0 saturated carbocycles. The van der Waals surface area contributed by atoms with Gasteiger partial charge in [0.05, 0.1) is 38.2 Å². The molecule has 0 aliphatic carbocycles. The molecule has 0 bridgehead atoms. The van der Waals surface area contributed by atoms with E-state index in [1.54, 1.807) is 48.3 Å². The van der Waals surface area contributed by atoms with Crippen LogP contribution in [0.5, 0.6) is 0 Å². The average Bonchev–Trinajstić information content (AvgIpc) is 4.03. The first-order valence-corrected chi connectivity index (χ1v) is 27.2. The predicted octanol–water partition coefficient (Wildman–Crippen LogP) is 5.45. The normalized spacial score (nSPS) is 11.9. The molecule has 2 amide bonds. The van der Waals surface area contributed by atoms with Gasteiger partial charge in [-0.2, -0.15) is 13.5 Å². The molecular formula is C56H65N11O12S. The number of aryl methyl sites for hydroxylation is 1. The monoisotopic (exact) mass is 1120 g/mol. The van der Waals surface area contributed by atoms with Crippen molar-refractivity contribution in [3.63, 3.8) is 0 Å². The maximum atomic E-state index is 13.4. The van der Waals surface area contributed by atoms with E-state index in [4.69, 9.17) is 18.9 Å². The number of ether oxygens (including phenoxy) is 4. The summed E-state index contributed by atoms with van der Waals surface area (Å²) in [5, 5.41) is 29.2. The van der Waals surface area contributed by atoms with Gasteiger partial charge in [-0.25, -0.2) is 14.8 Å². The summed E-state index contributed by atoms with van der Waals surface area (Å²) in [4.78, 5) is 61.8. The molecule has 0 fully saturated rings. The summed E-state index contributed by atoms with van der Waals surface area (Å²) < 4.78 is 56.2. The minimum absolute atomic E-state index is 0.00508. The molecule has 3 heterocycles. The Labute approximate surface area is 462 Å². The van der Waals surface area contributed by atoms with Gasteiger partial charge in [-0.3, -0.25) is 29.7 Å². The summed E-state index contributed by atoms with van der Waals surface area (Å²) in [6.45, 7) is 5.18. The SMILES string of the molecule is Cn1cc(C(=O)NCC(NCc2ccc(-c3ccc(CNCCCOCCOCCOCCCNC(=O)OCc4ccc(N/N=C\c5ccccc5S(=O)(=O)O)nc4)cc3)cc2)C(=O)O)c(=O)c2ccc(CNc3ncc[nH]3)cc21. The highest BCUT2D eigenvalue weighted by Crippen LogP contribution is 2.21. The Balaban J connectivity index is 0.673. The number of hydrogen-bond acceptors (Lipinski definition) is 17. The second-order valence-electron chi connectivity index (χ2n) is 18.2. The lowest BCUT2D eigenvalue weighted by atomic mass is 10.0. The van der Waals surface area contributed by atoms with E-state index in [0.717, 1.165) is 40.8 Å². The number of carboxylic acid groups (broad SMARTS) is 1. The molecule has 23 nitrogen and oxygen atoms in total. The standard InChI is InChI=1S/C56H65N11O12S/c1-67-37-47(52(68)46-18-12-41(30-49(46)67)33-64-55-58-22-23-59-55)53(69)63-36-48(54(70)71)61-32-40-10-16-44(17-11-40)43-14-8-39(9-15-43)31-57-20-4-24-76-26-28-78-29-27-77-25-5-21-60-56(72)79-38-42-13-19-51(62-34-42)66-65-35-45-6-2-3-7-50(45)80(73,74)75/h2-3,6-19,22-23,30,34-35,37,48,57,61H,4-5,20-21,24-29,31-33,36,38H2,1H3,(H,60,72)(H,62,66)(H,63,69)(H,70,71)(H2,58,59,64)(H,73,74,75)/b65-35-. The zero-order chi connectivity index (χ0) is 56.5. The summed E-state index contributed by atoms with van der Waals surface area (Å²) in [7, 11) is -2.65. The number of anilines is 2. The van der Waals surface area contributed by atoms with E-state index in [2.05, 4.69) is 76.3 Å². The van der Waals surface area contributed by atoms with Crippen molar-refractivity contribution in [2.45, 2.75) is 50.0 Å². The minimum atomic E-state index is -4.40. The lowest BCUT2D eigenvalue weighted by Crippen LogP contribution is -2.46. The van der Waals surface area contributed by atoms with Gasteiger partial charge in [-0.05, 0) is 71.5 Å². The van der Waals surface area contributed by atoms with Crippen molar-refractivity contribution in [2.75, 3.05) is 70.0 Å². The van der Waals surface area contributed by atoms with Crippen LogP contribution in [0.1, 0.15) is 51.0 Å². The Bertz CT molecular complexity index is 3310. The molecule has 24 heteroatoms. The van der Waals surface area contributed by atoms with Gasteiger partial charge in [0.1, 0.15) is 28.9 Å². The fraction of sp³-hybridized carbons (Fsp3) is 0.304. The number of nitrogens with zero attached hydrogens (tertiary/aromatic N) is 4. The number of rotatable bonds is 33. The first-order chi connectivity index (χ1) is 38.8. The van der Waals surface area contributed by atoms with Crippen molar-refractivity contribution < 1.29 is 51.4 Å². The molecule has 3 aromatic heterocycles. The fourth-order valence-electron chi connectivity index (χ4n) is 7.96. The van der Waals surface area contributed by atoms with E-state index in [0.29, 0.717) is 93.9 Å². The number of carboxylic acids is 1. The quantitative estimate of drug-likeness (QED) is 0.0107. The number of hydrazone groups is 1. The Morgan fingerprint density at radius 2 is 1.44 bits per heavy atom. The second kappa shape index (κ2) is 30.7. The van der Waals surface area contributed by atoms with Crippen LogP contribution in [0.2, 0.25) is 0 Å². The zero-order valence-electron chi connectivity index (χ0n) is 44.1. The summed E-state index contributed by atoms with van der Waals surface area (Å²) in [5.74, 6) is -0.797. The number of nitrogens with one attached hydrogen (secondary N) is 7. The molecule has 0 aliphatic heterocycles. The number of H-pyrrole nitrogens is 1. The van der Waals surface area contributed by atoms with Crippen LogP contribution in [0, 0.1) is 0 Å². The number of hydrogen-bond donors (Lipinski definition) is 9. The Kier molecular flexibility index (Phi) is 22.8. The van der Waals surface area contributed by atoms with Gasteiger partial charge in [-0.1, -0.05) is 78.9 Å². The van der Waals surface area contributed by atoms with E-state index in [1.165, 1.54) is 36.8 Å². The van der Waals surface area contributed by atoms with Crippen LogP contribution >= 0.6 is 0 Å². The van der Waals surface area contributed by atoms with Gasteiger partial charge >= 0.3 is 12.1 Å². The van der Waals surface area contributed by atoms with Crippen molar-refractivity contribution in [3.05, 3.63) is 172 Å². The third kappa shape index (κ3) is 18.9. The van der Waals surface area contributed by atoms with Gasteiger partial charge in [0, 0.05) is 94.3 Å². The molecule has 80 heavy (non-hydrogen) atoms. The van der Waals surface area contributed by atoms with Crippen LogP contribution in [-0.4, -0.2) is 127 Å². The highest BCUT2D eigenvalue weighted by molar-refractivity contribution is 7.86.